The molecule has 1 saturated carbocycles. The molecule has 2 heterocycles. The Kier molecular flexibility index (Phi) is 7.88. The number of aromatic nitrogens is 2. The molecule has 2 aromatic carbocycles. The third-order valence-corrected chi connectivity index (χ3v) is 8.19. The highest BCUT2D eigenvalue weighted by molar-refractivity contribution is 5.81. The highest BCUT2D eigenvalue weighted by Crippen LogP contribution is 2.59. The van der Waals surface area contributed by atoms with Gasteiger partial charge >= 0.3 is 18.2 Å². The normalized spacial score (nSPS) is 17.5. The molecule has 1 aliphatic heterocycles. The lowest BCUT2D eigenvalue weighted by molar-refractivity contribution is -0.149. The minimum Gasteiger partial charge on any atom is -0.469 e. The van der Waals surface area contributed by atoms with Crippen molar-refractivity contribution in [1.82, 2.24) is 14.9 Å². The molecule has 1 saturated heterocycles. The van der Waals surface area contributed by atoms with Crippen LogP contribution in [0.5, 0.6) is 0 Å². The fourth-order valence-corrected chi connectivity index (χ4v) is 5.75. The van der Waals surface area contributed by atoms with Crippen LogP contribution in [0.15, 0.2) is 60.8 Å². The molecule has 0 bridgehead atoms. The molecule has 2 N–H and O–H groups in total. The van der Waals surface area contributed by atoms with E-state index < -0.39 is 35.1 Å². The van der Waals surface area contributed by atoms with Gasteiger partial charge in [-0.25, -0.2) is 14.8 Å². The van der Waals surface area contributed by atoms with Crippen molar-refractivity contribution in [1.29, 1.82) is 0 Å². The Hall–Kier alpha value is -4.15. The molecule has 5 rings (SSSR count). The summed E-state index contributed by atoms with van der Waals surface area (Å²) in [5.41, 5.74) is 0.153. The second-order valence-electron chi connectivity index (χ2n) is 10.7. The number of likely N-dealkylation sites (tertiary alicyclic amines) is 1. The molecule has 1 unspecified atom stereocenters. The average molecular weight is 569 g/mol. The monoisotopic (exact) mass is 568 g/mol. The van der Waals surface area contributed by atoms with Crippen molar-refractivity contribution in [3.05, 3.63) is 83.2 Å². The summed E-state index contributed by atoms with van der Waals surface area (Å²) in [6, 6.07) is 16.5. The van der Waals surface area contributed by atoms with E-state index in [0.717, 1.165) is 30.2 Å². The van der Waals surface area contributed by atoms with Crippen molar-refractivity contribution < 1.29 is 32.6 Å². The van der Waals surface area contributed by atoms with Gasteiger partial charge in [-0.2, -0.15) is 13.2 Å². The van der Waals surface area contributed by atoms with Crippen LogP contribution in [0, 0.1) is 5.41 Å². The lowest BCUT2D eigenvalue weighted by atomic mass is 9.80. The van der Waals surface area contributed by atoms with Crippen molar-refractivity contribution in [2.75, 3.05) is 25.5 Å². The van der Waals surface area contributed by atoms with Crippen molar-refractivity contribution in [3.63, 3.8) is 0 Å². The number of esters is 1. The number of hydrogen-bond donors (Lipinski definition) is 2. The molecule has 1 atom stereocenters. The van der Waals surface area contributed by atoms with Crippen LogP contribution in [0.4, 0.5) is 29.6 Å². The summed E-state index contributed by atoms with van der Waals surface area (Å²) in [7, 11) is 1.25. The Labute approximate surface area is 235 Å². The predicted octanol–water partition coefficient (Wildman–Crippen LogP) is 6.38. The van der Waals surface area contributed by atoms with Gasteiger partial charge < -0.3 is 20.1 Å². The molecule has 1 aromatic heterocycles. The van der Waals surface area contributed by atoms with Gasteiger partial charge in [0.15, 0.2) is 0 Å². The molecule has 1 amide bonds. The molecule has 216 valence electrons. The highest BCUT2D eigenvalue weighted by atomic mass is 19.4. The topological polar surface area (TPSA) is 105 Å². The van der Waals surface area contributed by atoms with Gasteiger partial charge in [-0.05, 0) is 61.3 Å². The number of rotatable bonds is 8. The number of halogens is 3. The van der Waals surface area contributed by atoms with Crippen LogP contribution in [-0.4, -0.2) is 52.2 Å². The minimum absolute atomic E-state index is 0.00533. The number of carboxylic acid groups (broad SMARTS) is 1. The Bertz CT molecular complexity index is 1390. The van der Waals surface area contributed by atoms with E-state index in [1.54, 1.807) is 24.3 Å². The molecule has 0 spiro atoms. The first-order chi connectivity index (χ1) is 19.6. The van der Waals surface area contributed by atoms with Crippen LogP contribution in [0.25, 0.3) is 0 Å². The fraction of sp³-hybridized carbons (Fsp3) is 0.400. The number of piperidine rings is 1. The summed E-state index contributed by atoms with van der Waals surface area (Å²) in [6.45, 7) is 0.943. The SMILES string of the molecule is COC(=O)C1(C(Cc2ccccc2)c2nc(Nc3ccc(C4CCN(C(=O)O)CC4)cc3)ncc2C(F)(F)F)CC1. The number of methoxy groups -OCH3 is 1. The van der Waals surface area contributed by atoms with Crippen molar-refractivity contribution >= 4 is 23.7 Å². The second-order valence-corrected chi connectivity index (χ2v) is 10.7. The smallest absolute Gasteiger partial charge is 0.419 e. The van der Waals surface area contributed by atoms with Gasteiger partial charge in [0.25, 0.3) is 0 Å². The molecular formula is C30H31F3N4O4. The first kappa shape index (κ1) is 28.4. The van der Waals surface area contributed by atoms with E-state index in [2.05, 4.69) is 15.3 Å². The average Bonchev–Trinajstić information content (AvgIpc) is 3.78. The maximum atomic E-state index is 14.2. The zero-order valence-corrected chi connectivity index (χ0v) is 22.5. The summed E-state index contributed by atoms with van der Waals surface area (Å²) in [6.07, 6.45) is -2.41. The van der Waals surface area contributed by atoms with E-state index in [9.17, 15) is 22.8 Å². The number of carbonyl (C=O) groups is 2. The number of hydrogen-bond acceptors (Lipinski definition) is 6. The number of alkyl halides is 3. The standard InChI is InChI=1S/C30H31F3N4O4/c1-41-26(38)29(13-14-29)23(17-19-5-3-2-4-6-19)25-24(30(31,32)33)18-34-27(36-25)35-22-9-7-20(8-10-22)21-11-15-37(16-12-21)28(39)40/h2-10,18,21,23H,11-17H2,1H3,(H,39,40)(H,34,35,36). The highest BCUT2D eigenvalue weighted by Gasteiger charge is 2.59. The van der Waals surface area contributed by atoms with E-state index >= 15 is 0 Å². The van der Waals surface area contributed by atoms with Crippen LogP contribution in [0.3, 0.4) is 0 Å². The van der Waals surface area contributed by atoms with E-state index in [0.29, 0.717) is 31.6 Å². The van der Waals surface area contributed by atoms with E-state index in [-0.39, 0.29) is 24.0 Å². The van der Waals surface area contributed by atoms with Crippen LogP contribution < -0.4 is 5.32 Å². The first-order valence-corrected chi connectivity index (χ1v) is 13.5. The summed E-state index contributed by atoms with van der Waals surface area (Å²) in [5.74, 6) is -1.18. The number of ether oxygens (including phenoxy) is 1. The Morgan fingerprint density at radius 1 is 1.10 bits per heavy atom. The third-order valence-electron chi connectivity index (χ3n) is 8.19. The number of amides is 1. The zero-order valence-electron chi connectivity index (χ0n) is 22.5. The molecule has 2 aliphatic rings. The lowest BCUT2D eigenvalue weighted by Crippen LogP contribution is -2.36. The van der Waals surface area contributed by atoms with Crippen LogP contribution >= 0.6 is 0 Å². The first-order valence-electron chi connectivity index (χ1n) is 13.5. The fourth-order valence-electron chi connectivity index (χ4n) is 5.75. The van der Waals surface area contributed by atoms with E-state index in [1.165, 1.54) is 12.0 Å². The van der Waals surface area contributed by atoms with Crippen molar-refractivity contribution in [2.24, 2.45) is 5.41 Å². The van der Waals surface area contributed by atoms with Gasteiger partial charge in [0, 0.05) is 30.9 Å². The van der Waals surface area contributed by atoms with Gasteiger partial charge in [-0.15, -0.1) is 0 Å². The third kappa shape index (κ3) is 6.13. The quantitative estimate of drug-likeness (QED) is 0.304. The Balaban J connectivity index is 1.43. The van der Waals surface area contributed by atoms with Gasteiger partial charge in [0.1, 0.15) is 0 Å². The lowest BCUT2D eigenvalue weighted by Gasteiger charge is -2.30. The molecule has 2 fully saturated rings. The zero-order chi connectivity index (χ0) is 29.2. The molecule has 3 aromatic rings. The summed E-state index contributed by atoms with van der Waals surface area (Å²) >= 11 is 0. The van der Waals surface area contributed by atoms with Crippen LogP contribution in [0.2, 0.25) is 0 Å². The van der Waals surface area contributed by atoms with E-state index in [1.807, 2.05) is 30.3 Å². The van der Waals surface area contributed by atoms with Gasteiger partial charge in [0.2, 0.25) is 5.95 Å². The molecule has 8 nitrogen and oxygen atoms in total. The number of nitrogens with one attached hydrogen (secondary N) is 1. The molecular weight excluding hydrogens is 537 g/mol. The summed E-state index contributed by atoms with van der Waals surface area (Å²) in [5, 5.41) is 12.2. The number of carbonyl (C=O) groups excluding carboxylic acids is 1. The van der Waals surface area contributed by atoms with Gasteiger partial charge in [0.05, 0.1) is 23.8 Å². The summed E-state index contributed by atoms with van der Waals surface area (Å²) < 4.78 is 47.7. The number of benzene rings is 2. The van der Waals surface area contributed by atoms with E-state index in [4.69, 9.17) is 9.84 Å². The maximum Gasteiger partial charge on any atom is 0.419 e. The van der Waals surface area contributed by atoms with Crippen molar-refractivity contribution in [2.45, 2.75) is 50.1 Å². The molecule has 11 heteroatoms. The largest absolute Gasteiger partial charge is 0.469 e. The molecule has 41 heavy (non-hydrogen) atoms. The minimum atomic E-state index is -4.72. The maximum absolute atomic E-state index is 14.2. The van der Waals surface area contributed by atoms with Gasteiger partial charge in [-0.1, -0.05) is 42.5 Å². The van der Waals surface area contributed by atoms with Crippen LogP contribution in [-0.2, 0) is 22.1 Å². The molecule has 1 aliphatic carbocycles. The van der Waals surface area contributed by atoms with Gasteiger partial charge in [-0.3, -0.25) is 4.79 Å². The van der Waals surface area contributed by atoms with Crippen LogP contribution in [0.1, 0.15) is 59.9 Å². The summed E-state index contributed by atoms with van der Waals surface area (Å²) in [4.78, 5) is 33.8. The Morgan fingerprint density at radius 2 is 1.76 bits per heavy atom. The second kappa shape index (κ2) is 11.4. The predicted molar refractivity (Wildman–Crippen MR) is 145 cm³/mol. The number of nitrogens with zero attached hydrogens (tertiary/aromatic N) is 3. The Morgan fingerprint density at radius 3 is 2.32 bits per heavy atom. The van der Waals surface area contributed by atoms with Crippen molar-refractivity contribution in [3.8, 4) is 0 Å². The molecule has 0 radical (unpaired) electrons. The number of anilines is 2.